The number of carbonyl (C=O) groups is 2. The molecule has 2 aliphatic heterocycles. The number of aromatic nitrogens is 4. The Kier molecular flexibility index (Phi) is 11.9. The van der Waals surface area contributed by atoms with Crippen LogP contribution in [-0.4, -0.2) is 60.5 Å². The Morgan fingerprint density at radius 2 is 1.57 bits per heavy atom. The van der Waals surface area contributed by atoms with Gasteiger partial charge in [0.05, 0.1) is 11.3 Å². The van der Waals surface area contributed by atoms with Crippen molar-refractivity contribution >= 4 is 58.3 Å². The zero-order valence-corrected chi connectivity index (χ0v) is 37.5. The second-order valence-electron chi connectivity index (χ2n) is 18.9. The summed E-state index contributed by atoms with van der Waals surface area (Å²) in [6.45, 7) is 10.4. The number of carbonyl (C=O) groups excluding carboxylic acids is 1. The molecule has 0 saturated heterocycles. The van der Waals surface area contributed by atoms with Crippen molar-refractivity contribution < 1.29 is 24.2 Å². The lowest BCUT2D eigenvalue weighted by Gasteiger charge is -2.38. The van der Waals surface area contributed by atoms with Crippen LogP contribution in [0.25, 0.3) is 11.6 Å². The number of nitrogens with zero attached hydrogens (tertiary/aromatic N) is 5. The van der Waals surface area contributed by atoms with Gasteiger partial charge in [0, 0.05) is 29.1 Å². The van der Waals surface area contributed by atoms with Crippen molar-refractivity contribution in [2.75, 3.05) is 18.0 Å². The predicted octanol–water partition coefficient (Wildman–Crippen LogP) is 8.87. The van der Waals surface area contributed by atoms with E-state index in [9.17, 15) is 9.59 Å². The Hall–Kier alpha value is -5.76. The molecule has 0 unspecified atom stereocenters. The number of benzene rings is 2. The average molecular weight is 877 g/mol. The number of carboxylic acid groups (broad SMARTS) is 1. The molecule has 9 rings (SSSR count). The highest BCUT2D eigenvalue weighted by Gasteiger charge is 2.43. The first kappa shape index (κ1) is 43.9. The number of aliphatic carboxylic acids is 1. The maximum absolute atomic E-state index is 11.1. The molecule has 8 N–H and O–H groups in total. The van der Waals surface area contributed by atoms with Gasteiger partial charge in [-0.15, -0.1) is 0 Å². The topological polar surface area (TPSA) is 227 Å². The van der Waals surface area contributed by atoms with E-state index < -0.39 is 23.2 Å². The number of halogens is 1. The minimum absolute atomic E-state index is 0.223. The van der Waals surface area contributed by atoms with Crippen LogP contribution in [0.1, 0.15) is 137 Å². The quantitative estimate of drug-likeness (QED) is 0.118. The fourth-order valence-electron chi connectivity index (χ4n) is 10.5. The normalized spacial score (nSPS) is 23.9. The van der Waals surface area contributed by atoms with Gasteiger partial charge in [-0.1, -0.05) is 41.9 Å². The zero-order chi connectivity index (χ0) is 44.8. The molecule has 4 heterocycles. The Labute approximate surface area is 373 Å². The van der Waals surface area contributed by atoms with Gasteiger partial charge in [-0.3, -0.25) is 4.79 Å². The monoisotopic (exact) mass is 875 g/mol. The van der Waals surface area contributed by atoms with Gasteiger partial charge in [0.25, 0.3) is 0 Å². The zero-order valence-electron chi connectivity index (χ0n) is 36.8. The lowest BCUT2D eigenvalue weighted by Crippen LogP contribution is -2.41. The molecule has 0 bridgehead atoms. The van der Waals surface area contributed by atoms with Crippen LogP contribution in [0.5, 0.6) is 11.8 Å². The summed E-state index contributed by atoms with van der Waals surface area (Å²) in [5, 5.41) is 12.6. The van der Waals surface area contributed by atoms with E-state index in [2.05, 4.69) is 69.4 Å². The van der Waals surface area contributed by atoms with Crippen molar-refractivity contribution in [1.29, 1.82) is 0 Å². The predicted molar refractivity (Wildman–Crippen MR) is 245 cm³/mol. The maximum Gasteiger partial charge on any atom is 0.312 e. The summed E-state index contributed by atoms with van der Waals surface area (Å²) >= 11 is 6.75. The third-order valence-electron chi connectivity index (χ3n) is 13.8. The summed E-state index contributed by atoms with van der Waals surface area (Å²) in [6, 6.07) is 12.4. The molecule has 63 heavy (non-hydrogen) atoms. The molecule has 2 saturated carbocycles. The van der Waals surface area contributed by atoms with Crippen molar-refractivity contribution in [1.82, 2.24) is 25.3 Å². The largest absolute Gasteiger partial charge is 0.481 e. The van der Waals surface area contributed by atoms with Gasteiger partial charge < -0.3 is 37.1 Å². The first-order valence-electron chi connectivity index (χ1n) is 22.0. The minimum atomic E-state index is -0.698. The highest BCUT2D eigenvalue weighted by atomic mass is 35.5. The molecule has 2 amide bonds. The van der Waals surface area contributed by atoms with E-state index in [4.69, 9.17) is 48.4 Å². The Morgan fingerprint density at radius 3 is 2.27 bits per heavy atom. The summed E-state index contributed by atoms with van der Waals surface area (Å²) in [4.78, 5) is 43.7. The maximum atomic E-state index is 11.1. The van der Waals surface area contributed by atoms with E-state index in [0.29, 0.717) is 65.6 Å². The van der Waals surface area contributed by atoms with Crippen molar-refractivity contribution in [2.24, 2.45) is 22.6 Å². The van der Waals surface area contributed by atoms with Crippen molar-refractivity contribution in [3.05, 3.63) is 87.0 Å². The molecule has 0 radical (unpaired) electrons. The number of primary amides is 1. The second kappa shape index (κ2) is 17.1. The number of nitrogens with one attached hydrogen (secondary N) is 1. The van der Waals surface area contributed by atoms with E-state index in [-0.39, 0.29) is 5.41 Å². The van der Waals surface area contributed by atoms with Crippen molar-refractivity contribution in [2.45, 2.75) is 128 Å². The number of aryl methyl sites for hydroxylation is 2. The number of fused-ring (bicyclic) bond motifs is 4. The summed E-state index contributed by atoms with van der Waals surface area (Å²) in [5.74, 6) is 2.70. The summed E-state index contributed by atoms with van der Waals surface area (Å²) in [6.07, 6.45) is 14.4. The standard InChI is InChI=1S/C25H29N3O3.C23H29ClN6O2/c1-24(2)20(13-18-22(26)27-14-28-23(18)31-24)16-3-4-19-17(12-16)7-10-25(19)8-5-15(6-9-25)11-21(29)30;1-12-28-20(25)18-21(29-12)32-23(2,3)19(30-18)15-8-9-16(17(24)10-15)14-6-4-13(5-7-14)11-27-22(26)31/h3-4,12-15H,5-11H2,1-2H3,(H,29,30)(H2,26,27,28);8-10,13-14H,4-7,11H2,1-3H3,(H2,25,28,29)(H3,26,27,31). The van der Waals surface area contributed by atoms with Crippen molar-refractivity contribution in [3.8, 4) is 11.8 Å². The van der Waals surface area contributed by atoms with Gasteiger partial charge in [-0.05, 0) is 156 Å². The molecule has 332 valence electrons. The number of carboxylic acids is 1. The number of nitrogens with two attached hydrogens (primary N) is 3. The molecule has 0 atom stereocenters. The Morgan fingerprint density at radius 1 is 0.857 bits per heavy atom. The smallest absolute Gasteiger partial charge is 0.312 e. The Balaban J connectivity index is 0.000000173. The SMILES string of the molecule is CC1(C)Oc2ncnc(N)c2C=C1c1ccc2c(c1)CCC21CCC(CC(=O)O)CC1.Cc1nc(N)c2c(n1)OC(C)(C)C(c1ccc(C3CCC(CNC(N)=O)CC3)c(Cl)c1)=N2. The number of amides is 2. The number of aliphatic imine (C=N–C) groups is 1. The number of urea groups is 1. The number of hydrogen-bond acceptors (Lipinski definition) is 11. The molecule has 2 fully saturated rings. The number of anilines is 2. The van der Waals surface area contributed by atoms with Crippen LogP contribution in [0, 0.1) is 18.8 Å². The van der Waals surface area contributed by atoms with E-state index in [1.54, 1.807) is 6.92 Å². The fraction of sp³-hybridized carbons (Fsp3) is 0.479. The third-order valence-corrected chi connectivity index (χ3v) is 14.1. The average Bonchev–Trinajstić information content (AvgIpc) is 3.57. The molecule has 3 aliphatic carbocycles. The molecular weight excluding hydrogens is 818 g/mol. The second-order valence-corrected chi connectivity index (χ2v) is 19.3. The van der Waals surface area contributed by atoms with Gasteiger partial charge in [0.1, 0.15) is 29.2 Å². The van der Waals surface area contributed by atoms with Gasteiger partial charge in [-0.25, -0.2) is 24.7 Å². The van der Waals surface area contributed by atoms with Crippen LogP contribution in [0.15, 0.2) is 47.7 Å². The summed E-state index contributed by atoms with van der Waals surface area (Å²) in [7, 11) is 0. The molecule has 1 spiro atoms. The van der Waals surface area contributed by atoms with E-state index in [0.717, 1.165) is 103 Å². The molecule has 2 aromatic heterocycles. The van der Waals surface area contributed by atoms with Gasteiger partial charge >= 0.3 is 12.0 Å². The molecule has 14 nitrogen and oxygen atoms in total. The molecule has 4 aromatic rings. The van der Waals surface area contributed by atoms with Crippen molar-refractivity contribution in [3.63, 3.8) is 0 Å². The lowest BCUT2D eigenvalue weighted by molar-refractivity contribution is -0.138. The lowest BCUT2D eigenvalue weighted by atomic mass is 9.66. The number of nitrogen functional groups attached to an aromatic ring is 2. The van der Waals surface area contributed by atoms with Crippen LogP contribution >= 0.6 is 11.6 Å². The molecule has 15 heteroatoms. The molecular formula is C48H58ClN9O5. The van der Waals surface area contributed by atoms with Gasteiger partial charge in [0.2, 0.25) is 11.8 Å². The van der Waals surface area contributed by atoms with Crippen LogP contribution in [0.4, 0.5) is 22.1 Å². The number of rotatable bonds is 7. The number of hydrogen-bond donors (Lipinski definition) is 5. The van der Waals surface area contributed by atoms with E-state index in [1.807, 2.05) is 26.0 Å². The summed E-state index contributed by atoms with van der Waals surface area (Å²) in [5.41, 5.74) is 25.4. The Bertz CT molecular complexity index is 2500. The van der Waals surface area contributed by atoms with Gasteiger partial charge in [-0.2, -0.15) is 4.98 Å². The molecule has 5 aliphatic rings. The van der Waals surface area contributed by atoms with Crippen LogP contribution in [-0.2, 0) is 16.6 Å². The minimum Gasteiger partial charge on any atom is -0.481 e. The highest BCUT2D eigenvalue weighted by Crippen LogP contribution is 2.52. The first-order chi connectivity index (χ1) is 29.9. The van der Waals surface area contributed by atoms with Gasteiger partial charge in [0.15, 0.2) is 11.5 Å². The molecule has 2 aromatic carbocycles. The van der Waals surface area contributed by atoms with Crippen LogP contribution in [0.2, 0.25) is 5.02 Å². The summed E-state index contributed by atoms with van der Waals surface area (Å²) < 4.78 is 12.3. The van der Waals surface area contributed by atoms with Crippen LogP contribution < -0.4 is 32.0 Å². The first-order valence-corrected chi connectivity index (χ1v) is 22.4. The van der Waals surface area contributed by atoms with Crippen LogP contribution in [0.3, 0.4) is 0 Å². The van der Waals surface area contributed by atoms with E-state index in [1.165, 1.54) is 17.5 Å². The van der Waals surface area contributed by atoms with E-state index >= 15 is 0 Å². The number of ether oxygens (including phenoxy) is 2. The highest BCUT2D eigenvalue weighted by molar-refractivity contribution is 6.32. The fourth-order valence-corrected chi connectivity index (χ4v) is 10.8. The third kappa shape index (κ3) is 9.05.